The van der Waals surface area contributed by atoms with Gasteiger partial charge in [0.25, 0.3) is 0 Å². The first-order valence-electron chi connectivity index (χ1n) is 6.05. The lowest BCUT2D eigenvalue weighted by atomic mass is 9.89. The monoisotopic (exact) mass is 265 g/mol. The molecule has 0 aromatic heterocycles. The Hall–Kier alpha value is -1.88. The topological polar surface area (TPSA) is 86.6 Å². The van der Waals surface area contributed by atoms with Crippen molar-refractivity contribution < 1.29 is 19.8 Å². The Bertz CT molecular complexity index is 442. The van der Waals surface area contributed by atoms with Gasteiger partial charge < -0.3 is 15.5 Å². The van der Waals surface area contributed by atoms with Crippen LogP contribution in [0, 0.1) is 5.41 Å². The van der Waals surface area contributed by atoms with Crippen molar-refractivity contribution in [2.75, 3.05) is 6.61 Å². The smallest absolute Gasteiger partial charge is 0.309 e. The Morgan fingerprint density at radius 2 is 1.84 bits per heavy atom. The van der Waals surface area contributed by atoms with Gasteiger partial charge in [-0.1, -0.05) is 30.3 Å². The lowest BCUT2D eigenvalue weighted by Crippen LogP contribution is -2.36. The van der Waals surface area contributed by atoms with E-state index in [-0.39, 0.29) is 13.0 Å². The van der Waals surface area contributed by atoms with E-state index in [0.717, 1.165) is 5.56 Å². The minimum Gasteiger partial charge on any atom is -0.481 e. The standard InChI is InChI=1S/C14H19NO4/c1-14(2,13(18)19)8-12(17)15-11(9-16)10-6-4-3-5-7-10/h3-7,11,16H,8-9H2,1-2H3,(H,15,17)(H,18,19)/t11-/m0/s1. The average Bonchev–Trinajstić information content (AvgIpc) is 2.36. The van der Waals surface area contributed by atoms with Crippen LogP contribution in [-0.4, -0.2) is 28.7 Å². The third kappa shape index (κ3) is 4.37. The molecule has 1 aromatic carbocycles. The zero-order valence-electron chi connectivity index (χ0n) is 11.1. The summed E-state index contributed by atoms with van der Waals surface area (Å²) in [6.07, 6.45) is -0.133. The summed E-state index contributed by atoms with van der Waals surface area (Å²) in [4.78, 5) is 22.8. The van der Waals surface area contributed by atoms with Gasteiger partial charge in [0.2, 0.25) is 5.91 Å². The maximum atomic E-state index is 11.8. The molecule has 0 unspecified atom stereocenters. The molecule has 1 rings (SSSR count). The van der Waals surface area contributed by atoms with Gasteiger partial charge in [-0.25, -0.2) is 0 Å². The summed E-state index contributed by atoms with van der Waals surface area (Å²) in [5.41, 5.74) is -0.340. The van der Waals surface area contributed by atoms with E-state index in [4.69, 9.17) is 5.11 Å². The van der Waals surface area contributed by atoms with Crippen LogP contribution in [-0.2, 0) is 9.59 Å². The van der Waals surface area contributed by atoms with Crippen molar-refractivity contribution in [1.29, 1.82) is 0 Å². The molecule has 0 fully saturated rings. The lowest BCUT2D eigenvalue weighted by Gasteiger charge is -2.21. The van der Waals surface area contributed by atoms with E-state index in [2.05, 4.69) is 5.32 Å². The summed E-state index contributed by atoms with van der Waals surface area (Å²) < 4.78 is 0. The Labute approximate surface area is 112 Å². The van der Waals surface area contributed by atoms with Crippen LogP contribution in [0.2, 0.25) is 0 Å². The molecule has 0 bridgehead atoms. The number of aliphatic carboxylic acids is 1. The SMILES string of the molecule is CC(C)(CC(=O)N[C@@H](CO)c1ccccc1)C(=O)O. The molecule has 3 N–H and O–H groups in total. The predicted molar refractivity (Wildman–Crippen MR) is 70.4 cm³/mol. The molecule has 0 aliphatic heterocycles. The van der Waals surface area contributed by atoms with E-state index in [1.165, 1.54) is 13.8 Å². The zero-order chi connectivity index (χ0) is 14.5. The van der Waals surface area contributed by atoms with E-state index in [0.29, 0.717) is 0 Å². The number of benzene rings is 1. The molecule has 0 radical (unpaired) electrons. The molecule has 0 aliphatic carbocycles. The number of hydrogen-bond donors (Lipinski definition) is 3. The maximum absolute atomic E-state index is 11.8. The second-order valence-corrected chi connectivity index (χ2v) is 5.08. The molecule has 0 saturated carbocycles. The van der Waals surface area contributed by atoms with Crippen LogP contribution in [0.5, 0.6) is 0 Å². The minimum absolute atomic E-state index is 0.133. The van der Waals surface area contributed by atoms with Crippen LogP contribution in [0.3, 0.4) is 0 Å². The Morgan fingerprint density at radius 1 is 1.26 bits per heavy atom. The fourth-order valence-electron chi connectivity index (χ4n) is 1.64. The van der Waals surface area contributed by atoms with Gasteiger partial charge >= 0.3 is 5.97 Å². The first kappa shape index (κ1) is 15.2. The van der Waals surface area contributed by atoms with Crippen molar-refractivity contribution in [3.8, 4) is 0 Å². The highest BCUT2D eigenvalue weighted by Gasteiger charge is 2.30. The molecule has 1 aromatic rings. The van der Waals surface area contributed by atoms with Gasteiger partial charge in [-0.05, 0) is 19.4 Å². The Balaban J connectivity index is 2.67. The van der Waals surface area contributed by atoms with Crippen LogP contribution < -0.4 is 5.32 Å². The zero-order valence-corrected chi connectivity index (χ0v) is 11.1. The molecule has 5 heteroatoms. The molecule has 0 aliphatic rings. The number of carbonyl (C=O) groups is 2. The minimum atomic E-state index is -1.12. The van der Waals surface area contributed by atoms with Crippen LogP contribution in [0.1, 0.15) is 31.9 Å². The highest BCUT2D eigenvalue weighted by atomic mass is 16.4. The van der Waals surface area contributed by atoms with Crippen LogP contribution in [0.15, 0.2) is 30.3 Å². The molecule has 104 valence electrons. The summed E-state index contributed by atoms with van der Waals surface area (Å²) in [5, 5.41) is 20.9. The molecule has 0 saturated heterocycles. The maximum Gasteiger partial charge on any atom is 0.309 e. The van der Waals surface area contributed by atoms with E-state index < -0.39 is 23.3 Å². The Morgan fingerprint density at radius 3 is 2.32 bits per heavy atom. The quantitative estimate of drug-likeness (QED) is 0.724. The van der Waals surface area contributed by atoms with Gasteiger partial charge in [0.05, 0.1) is 18.1 Å². The first-order valence-corrected chi connectivity index (χ1v) is 6.05. The number of carboxylic acids is 1. The van der Waals surface area contributed by atoms with Gasteiger partial charge in [0, 0.05) is 6.42 Å². The molecule has 0 spiro atoms. The van der Waals surface area contributed by atoms with Gasteiger partial charge in [0.15, 0.2) is 0 Å². The van der Waals surface area contributed by atoms with Crippen molar-refractivity contribution in [3.05, 3.63) is 35.9 Å². The molecule has 0 heterocycles. The van der Waals surface area contributed by atoms with Gasteiger partial charge in [0.1, 0.15) is 0 Å². The normalized spacial score (nSPS) is 12.8. The van der Waals surface area contributed by atoms with Crippen molar-refractivity contribution in [2.45, 2.75) is 26.3 Å². The summed E-state index contributed by atoms with van der Waals surface area (Å²) in [6.45, 7) is 2.75. The van der Waals surface area contributed by atoms with Crippen molar-refractivity contribution in [3.63, 3.8) is 0 Å². The van der Waals surface area contributed by atoms with Gasteiger partial charge in [-0.2, -0.15) is 0 Å². The second-order valence-electron chi connectivity index (χ2n) is 5.08. The summed E-state index contributed by atoms with van der Waals surface area (Å²) in [5.74, 6) is -1.42. The molecule has 1 atom stereocenters. The summed E-state index contributed by atoms with van der Waals surface area (Å²) in [6, 6.07) is 8.54. The van der Waals surface area contributed by atoms with Crippen molar-refractivity contribution in [1.82, 2.24) is 5.32 Å². The third-order valence-corrected chi connectivity index (χ3v) is 2.90. The molecule has 1 amide bonds. The molecule has 5 nitrogen and oxygen atoms in total. The number of carboxylic acid groups (broad SMARTS) is 1. The van der Waals surface area contributed by atoms with E-state index >= 15 is 0 Å². The van der Waals surface area contributed by atoms with Gasteiger partial charge in [-0.15, -0.1) is 0 Å². The van der Waals surface area contributed by atoms with Gasteiger partial charge in [-0.3, -0.25) is 9.59 Å². The number of aliphatic hydroxyl groups is 1. The van der Waals surface area contributed by atoms with E-state index in [1.807, 2.05) is 18.2 Å². The third-order valence-electron chi connectivity index (χ3n) is 2.90. The fraction of sp³-hybridized carbons (Fsp3) is 0.429. The molecular formula is C14H19NO4. The highest BCUT2D eigenvalue weighted by Crippen LogP contribution is 2.21. The average molecular weight is 265 g/mol. The number of hydrogen-bond acceptors (Lipinski definition) is 3. The van der Waals surface area contributed by atoms with E-state index in [1.54, 1.807) is 12.1 Å². The highest BCUT2D eigenvalue weighted by molar-refractivity contribution is 5.84. The number of nitrogens with one attached hydrogen (secondary N) is 1. The summed E-state index contributed by atoms with van der Waals surface area (Å²) in [7, 11) is 0. The molecular weight excluding hydrogens is 246 g/mol. The lowest BCUT2D eigenvalue weighted by molar-refractivity contribution is -0.149. The van der Waals surface area contributed by atoms with E-state index in [9.17, 15) is 14.7 Å². The Kier molecular flexibility index (Phi) is 5.06. The number of rotatable bonds is 6. The summed E-state index contributed by atoms with van der Waals surface area (Å²) >= 11 is 0. The first-order chi connectivity index (χ1) is 8.86. The van der Waals surface area contributed by atoms with Crippen LogP contribution in [0.25, 0.3) is 0 Å². The predicted octanol–water partition coefficient (Wildman–Crippen LogP) is 1.34. The largest absolute Gasteiger partial charge is 0.481 e. The molecule has 19 heavy (non-hydrogen) atoms. The van der Waals surface area contributed by atoms with Crippen LogP contribution in [0.4, 0.5) is 0 Å². The number of carbonyl (C=O) groups excluding carboxylic acids is 1. The number of aliphatic hydroxyl groups excluding tert-OH is 1. The van der Waals surface area contributed by atoms with Crippen LogP contribution >= 0.6 is 0 Å². The fourth-order valence-corrected chi connectivity index (χ4v) is 1.64. The van der Waals surface area contributed by atoms with Crippen molar-refractivity contribution >= 4 is 11.9 Å². The van der Waals surface area contributed by atoms with Crippen molar-refractivity contribution in [2.24, 2.45) is 5.41 Å². The number of amides is 1. The second kappa shape index (κ2) is 6.33.